The van der Waals surface area contributed by atoms with Crippen molar-refractivity contribution >= 4 is 23.4 Å². The van der Waals surface area contributed by atoms with Crippen LogP contribution in [0.1, 0.15) is 5.56 Å². The Morgan fingerprint density at radius 1 is 1.33 bits per heavy atom. The second kappa shape index (κ2) is 6.99. The molecule has 0 bridgehead atoms. The van der Waals surface area contributed by atoms with Crippen LogP contribution < -0.4 is 9.47 Å². The van der Waals surface area contributed by atoms with Gasteiger partial charge in [0.1, 0.15) is 11.5 Å². The topological polar surface area (TPSA) is 18.5 Å². The quantitative estimate of drug-likeness (QED) is 0.583. The lowest BCUT2D eigenvalue weighted by Crippen LogP contribution is -2.08. The lowest BCUT2D eigenvalue weighted by atomic mass is 10.2. The molecule has 0 saturated carbocycles. The van der Waals surface area contributed by atoms with Crippen molar-refractivity contribution in [1.29, 1.82) is 0 Å². The van der Waals surface area contributed by atoms with Crippen molar-refractivity contribution in [2.45, 2.75) is 11.4 Å². The summed E-state index contributed by atoms with van der Waals surface area (Å²) in [6, 6.07) is 5.04. The Balaban J connectivity index is 2.54. The average Bonchev–Trinajstić information content (AvgIpc) is 2.33. The van der Waals surface area contributed by atoms with Gasteiger partial charge in [-0.25, -0.2) is 0 Å². The first-order valence-corrected chi connectivity index (χ1v) is 6.54. The van der Waals surface area contributed by atoms with Crippen molar-refractivity contribution < 1.29 is 22.6 Å². The lowest BCUT2D eigenvalue weighted by molar-refractivity contribution is -0.0329. The molecular weight excluding hydrogens is 289 g/mol. The van der Waals surface area contributed by atoms with Gasteiger partial charge in [-0.1, -0.05) is 6.07 Å². The summed E-state index contributed by atoms with van der Waals surface area (Å²) in [6.07, 6.45) is 0. The fourth-order valence-electron chi connectivity index (χ4n) is 1.22. The number of methoxy groups -OCH3 is 1. The molecule has 18 heavy (non-hydrogen) atoms. The van der Waals surface area contributed by atoms with Gasteiger partial charge in [0.15, 0.2) is 0 Å². The van der Waals surface area contributed by atoms with Gasteiger partial charge in [-0.2, -0.15) is 13.2 Å². The van der Waals surface area contributed by atoms with Crippen molar-refractivity contribution in [1.82, 2.24) is 0 Å². The molecule has 1 rings (SSSR count). The molecule has 0 fully saturated rings. The van der Waals surface area contributed by atoms with E-state index in [2.05, 4.69) is 0 Å². The predicted molar refractivity (Wildman–Crippen MR) is 66.6 cm³/mol. The zero-order chi connectivity index (χ0) is 13.6. The number of benzene rings is 1. The van der Waals surface area contributed by atoms with Gasteiger partial charge in [0.05, 0.1) is 19.6 Å². The SMILES string of the molecule is COc1ccc(CCl)c(OCCSC(F)(F)F)c1. The Kier molecular flexibility index (Phi) is 5.95. The van der Waals surface area contributed by atoms with E-state index in [9.17, 15) is 13.2 Å². The number of hydrogen-bond donors (Lipinski definition) is 0. The average molecular weight is 301 g/mol. The van der Waals surface area contributed by atoms with E-state index in [0.29, 0.717) is 11.5 Å². The van der Waals surface area contributed by atoms with Crippen molar-refractivity contribution in [3.8, 4) is 11.5 Å². The third-order valence-electron chi connectivity index (χ3n) is 2.02. The van der Waals surface area contributed by atoms with Gasteiger partial charge in [0.25, 0.3) is 0 Å². The van der Waals surface area contributed by atoms with Crippen LogP contribution >= 0.6 is 23.4 Å². The van der Waals surface area contributed by atoms with E-state index in [0.717, 1.165) is 5.56 Å². The predicted octanol–water partition coefficient (Wildman–Crippen LogP) is 4.07. The standard InChI is InChI=1S/C11H12ClF3O2S/c1-16-9-3-2-8(7-12)10(6-9)17-4-5-18-11(13,14)15/h2-3,6H,4-5,7H2,1H3. The van der Waals surface area contributed by atoms with Gasteiger partial charge < -0.3 is 9.47 Å². The Labute approximate surface area is 112 Å². The second-order valence-corrected chi connectivity index (χ2v) is 4.68. The Morgan fingerprint density at radius 2 is 2.06 bits per heavy atom. The second-order valence-electron chi connectivity index (χ2n) is 3.25. The van der Waals surface area contributed by atoms with Gasteiger partial charge >= 0.3 is 5.51 Å². The number of halogens is 4. The molecule has 0 aliphatic heterocycles. The fourth-order valence-corrected chi connectivity index (χ4v) is 1.83. The molecule has 0 radical (unpaired) electrons. The zero-order valence-electron chi connectivity index (χ0n) is 9.59. The molecule has 0 aromatic heterocycles. The molecular formula is C11H12ClF3O2S. The van der Waals surface area contributed by atoms with Crippen LogP contribution in [0.4, 0.5) is 13.2 Å². The molecule has 0 aliphatic carbocycles. The lowest BCUT2D eigenvalue weighted by Gasteiger charge is -2.12. The molecule has 0 spiro atoms. The number of thioether (sulfide) groups is 1. The van der Waals surface area contributed by atoms with Crippen LogP contribution in [0.2, 0.25) is 0 Å². The summed E-state index contributed by atoms with van der Waals surface area (Å²) in [6.45, 7) is -0.0404. The smallest absolute Gasteiger partial charge is 0.441 e. The summed E-state index contributed by atoms with van der Waals surface area (Å²) >= 11 is 5.59. The normalized spacial score (nSPS) is 11.4. The summed E-state index contributed by atoms with van der Waals surface area (Å²) in [5.74, 6) is 1.09. The van der Waals surface area contributed by atoms with E-state index >= 15 is 0 Å². The van der Waals surface area contributed by atoms with Crippen LogP contribution in [0.25, 0.3) is 0 Å². The van der Waals surface area contributed by atoms with Crippen LogP contribution in [-0.2, 0) is 5.88 Å². The summed E-state index contributed by atoms with van der Waals surface area (Å²) in [7, 11) is 1.50. The minimum atomic E-state index is -4.23. The van der Waals surface area contributed by atoms with E-state index in [1.165, 1.54) is 7.11 Å². The minimum absolute atomic E-state index is 0.0404. The van der Waals surface area contributed by atoms with Crippen LogP contribution in [-0.4, -0.2) is 25.0 Å². The minimum Gasteiger partial charge on any atom is -0.497 e. The fraction of sp³-hybridized carbons (Fsp3) is 0.455. The highest BCUT2D eigenvalue weighted by molar-refractivity contribution is 8.00. The number of hydrogen-bond acceptors (Lipinski definition) is 3. The van der Waals surface area contributed by atoms with E-state index in [1.807, 2.05) is 0 Å². The molecule has 0 aliphatic rings. The highest BCUT2D eigenvalue weighted by Crippen LogP contribution is 2.30. The summed E-state index contributed by atoms with van der Waals surface area (Å²) < 4.78 is 46.0. The first-order valence-electron chi connectivity index (χ1n) is 5.02. The highest BCUT2D eigenvalue weighted by Gasteiger charge is 2.27. The van der Waals surface area contributed by atoms with Crippen LogP contribution in [0.15, 0.2) is 18.2 Å². The van der Waals surface area contributed by atoms with Crippen molar-refractivity contribution in [3.63, 3.8) is 0 Å². The number of rotatable bonds is 6. The van der Waals surface area contributed by atoms with E-state index < -0.39 is 5.51 Å². The molecule has 0 heterocycles. The molecule has 0 N–H and O–H groups in total. The number of alkyl halides is 4. The first-order chi connectivity index (χ1) is 8.46. The molecule has 0 amide bonds. The molecule has 1 aromatic rings. The van der Waals surface area contributed by atoms with Crippen molar-refractivity contribution in [3.05, 3.63) is 23.8 Å². The van der Waals surface area contributed by atoms with Gasteiger partial charge in [0.2, 0.25) is 0 Å². The van der Waals surface area contributed by atoms with E-state index in [4.69, 9.17) is 21.1 Å². The third kappa shape index (κ3) is 5.27. The summed E-state index contributed by atoms with van der Waals surface area (Å²) in [5.41, 5.74) is -3.51. The van der Waals surface area contributed by atoms with E-state index in [-0.39, 0.29) is 30.0 Å². The Hall–Kier alpha value is -0.750. The molecule has 7 heteroatoms. The molecule has 0 atom stereocenters. The first kappa shape index (κ1) is 15.3. The molecule has 0 unspecified atom stereocenters. The van der Waals surface area contributed by atoms with Crippen LogP contribution in [0.5, 0.6) is 11.5 Å². The molecule has 102 valence electrons. The van der Waals surface area contributed by atoms with Gasteiger partial charge in [-0.3, -0.25) is 0 Å². The molecule has 1 aromatic carbocycles. The maximum atomic E-state index is 11.9. The van der Waals surface area contributed by atoms with Gasteiger partial charge in [0, 0.05) is 17.4 Å². The maximum Gasteiger partial charge on any atom is 0.441 e. The van der Waals surface area contributed by atoms with E-state index in [1.54, 1.807) is 18.2 Å². The zero-order valence-corrected chi connectivity index (χ0v) is 11.2. The van der Waals surface area contributed by atoms with Crippen LogP contribution in [0, 0.1) is 0 Å². The van der Waals surface area contributed by atoms with Gasteiger partial charge in [-0.15, -0.1) is 11.6 Å². The monoisotopic (exact) mass is 300 g/mol. The third-order valence-corrected chi connectivity index (χ3v) is 3.01. The van der Waals surface area contributed by atoms with Crippen LogP contribution in [0.3, 0.4) is 0 Å². The number of ether oxygens (including phenoxy) is 2. The maximum absolute atomic E-state index is 11.9. The largest absolute Gasteiger partial charge is 0.497 e. The van der Waals surface area contributed by atoms with Gasteiger partial charge in [-0.05, 0) is 17.8 Å². The van der Waals surface area contributed by atoms with Crippen molar-refractivity contribution in [2.24, 2.45) is 0 Å². The summed E-state index contributed by atoms with van der Waals surface area (Å²) in [4.78, 5) is 0. The highest BCUT2D eigenvalue weighted by atomic mass is 35.5. The summed E-state index contributed by atoms with van der Waals surface area (Å²) in [5, 5.41) is 0. The Morgan fingerprint density at radius 3 is 2.61 bits per heavy atom. The molecule has 2 nitrogen and oxygen atoms in total. The molecule has 0 saturated heterocycles. The van der Waals surface area contributed by atoms with Crippen molar-refractivity contribution in [2.75, 3.05) is 19.5 Å². The Bertz CT molecular complexity index is 385.